The Balaban J connectivity index is 1.96. The van der Waals surface area contributed by atoms with E-state index in [9.17, 15) is 0 Å². The van der Waals surface area contributed by atoms with E-state index in [0.29, 0.717) is 5.54 Å². The minimum Gasteiger partial charge on any atom is -0.308 e. The topological polar surface area (TPSA) is 15.3 Å². The molecule has 1 spiro atoms. The fraction of sp³-hybridized carbons (Fsp3) is 1.00. The maximum atomic E-state index is 3.99. The molecule has 124 valence electrons. The van der Waals surface area contributed by atoms with Crippen LogP contribution in [0.25, 0.3) is 0 Å². The fourth-order valence-electron chi connectivity index (χ4n) is 4.36. The summed E-state index contributed by atoms with van der Waals surface area (Å²) < 4.78 is 0. The molecule has 21 heavy (non-hydrogen) atoms. The average molecular weight is 295 g/mol. The third kappa shape index (κ3) is 4.69. The van der Waals surface area contributed by atoms with Crippen LogP contribution in [-0.4, -0.2) is 36.1 Å². The average Bonchev–Trinajstić information content (AvgIpc) is 2.47. The molecule has 1 heterocycles. The van der Waals surface area contributed by atoms with Crippen LogP contribution < -0.4 is 5.32 Å². The highest BCUT2D eigenvalue weighted by Gasteiger charge is 2.40. The van der Waals surface area contributed by atoms with Crippen molar-refractivity contribution in [1.29, 1.82) is 0 Å². The summed E-state index contributed by atoms with van der Waals surface area (Å²) >= 11 is 0. The minimum atomic E-state index is 0.458. The van der Waals surface area contributed by atoms with Crippen molar-refractivity contribution in [2.24, 2.45) is 11.8 Å². The van der Waals surface area contributed by atoms with Crippen molar-refractivity contribution in [1.82, 2.24) is 10.2 Å². The van der Waals surface area contributed by atoms with Crippen molar-refractivity contribution in [2.45, 2.75) is 90.6 Å². The summed E-state index contributed by atoms with van der Waals surface area (Å²) in [6, 6.07) is 0.759. The number of hydrogen-bond donors (Lipinski definition) is 1. The van der Waals surface area contributed by atoms with Crippen molar-refractivity contribution in [3.05, 3.63) is 0 Å². The van der Waals surface area contributed by atoms with Crippen molar-refractivity contribution >= 4 is 0 Å². The highest BCUT2D eigenvalue weighted by Crippen LogP contribution is 2.33. The third-order valence-electron chi connectivity index (χ3n) is 6.00. The van der Waals surface area contributed by atoms with Gasteiger partial charge in [0.25, 0.3) is 0 Å². The van der Waals surface area contributed by atoms with E-state index in [2.05, 4.69) is 37.9 Å². The first-order chi connectivity index (χ1) is 10.1. The van der Waals surface area contributed by atoms with E-state index in [1.54, 1.807) is 0 Å². The molecule has 0 aromatic heterocycles. The molecule has 0 amide bonds. The highest BCUT2D eigenvalue weighted by molar-refractivity contribution is 5.00. The lowest BCUT2D eigenvalue weighted by Crippen LogP contribution is -2.66. The van der Waals surface area contributed by atoms with Crippen molar-refractivity contribution in [3.63, 3.8) is 0 Å². The molecule has 2 unspecified atom stereocenters. The van der Waals surface area contributed by atoms with Gasteiger partial charge < -0.3 is 5.32 Å². The van der Waals surface area contributed by atoms with Crippen LogP contribution in [0.4, 0.5) is 0 Å². The molecular formula is C19H38N2. The first-order valence-electron chi connectivity index (χ1n) is 9.55. The van der Waals surface area contributed by atoms with Crippen LogP contribution in [0, 0.1) is 11.8 Å². The van der Waals surface area contributed by atoms with Gasteiger partial charge in [-0.15, -0.1) is 0 Å². The molecular weight excluding hydrogens is 256 g/mol. The zero-order valence-electron chi connectivity index (χ0n) is 15.0. The molecule has 0 radical (unpaired) electrons. The molecule has 2 heteroatoms. The maximum Gasteiger partial charge on any atom is 0.0309 e. The van der Waals surface area contributed by atoms with Gasteiger partial charge in [0.2, 0.25) is 0 Å². The predicted molar refractivity (Wildman–Crippen MR) is 92.7 cm³/mol. The summed E-state index contributed by atoms with van der Waals surface area (Å²) in [7, 11) is 0. The third-order valence-corrected chi connectivity index (χ3v) is 6.00. The molecule has 1 aliphatic heterocycles. The molecule has 1 aliphatic carbocycles. The molecule has 0 aromatic rings. The molecule has 2 nitrogen and oxygen atoms in total. The van der Waals surface area contributed by atoms with E-state index in [0.717, 1.165) is 17.9 Å². The smallest absolute Gasteiger partial charge is 0.0309 e. The van der Waals surface area contributed by atoms with Gasteiger partial charge in [0.15, 0.2) is 0 Å². The van der Waals surface area contributed by atoms with Crippen LogP contribution in [0.15, 0.2) is 0 Å². The Bertz CT molecular complexity index is 294. The van der Waals surface area contributed by atoms with Crippen LogP contribution in [0.2, 0.25) is 0 Å². The van der Waals surface area contributed by atoms with E-state index in [1.165, 1.54) is 71.0 Å². The Hall–Kier alpha value is -0.0800. The number of piperazine rings is 1. The molecule has 2 fully saturated rings. The van der Waals surface area contributed by atoms with Gasteiger partial charge >= 0.3 is 0 Å². The molecule has 1 saturated carbocycles. The van der Waals surface area contributed by atoms with Gasteiger partial charge in [0.05, 0.1) is 0 Å². The Morgan fingerprint density at radius 2 is 1.86 bits per heavy atom. The summed E-state index contributed by atoms with van der Waals surface area (Å²) in [5.74, 6) is 1.66. The van der Waals surface area contributed by atoms with Gasteiger partial charge in [-0.25, -0.2) is 0 Å². The number of nitrogens with one attached hydrogen (secondary N) is 1. The monoisotopic (exact) mass is 294 g/mol. The highest BCUT2D eigenvalue weighted by atomic mass is 15.3. The lowest BCUT2D eigenvalue weighted by molar-refractivity contribution is 0.0308. The normalized spacial score (nSPS) is 28.1. The summed E-state index contributed by atoms with van der Waals surface area (Å²) in [5.41, 5.74) is 0.458. The number of nitrogens with zero attached hydrogens (tertiary/aromatic N) is 1. The van der Waals surface area contributed by atoms with E-state index in [-0.39, 0.29) is 0 Å². The summed E-state index contributed by atoms with van der Waals surface area (Å²) in [5, 5.41) is 3.99. The van der Waals surface area contributed by atoms with Crippen LogP contribution in [-0.2, 0) is 0 Å². The van der Waals surface area contributed by atoms with Crippen molar-refractivity contribution in [3.8, 4) is 0 Å². The van der Waals surface area contributed by atoms with E-state index in [4.69, 9.17) is 0 Å². The van der Waals surface area contributed by atoms with Crippen LogP contribution in [0.5, 0.6) is 0 Å². The zero-order valence-corrected chi connectivity index (χ0v) is 15.0. The summed E-state index contributed by atoms with van der Waals surface area (Å²) in [6.45, 7) is 13.3. The molecule has 0 bridgehead atoms. The van der Waals surface area contributed by atoms with Crippen LogP contribution >= 0.6 is 0 Å². The van der Waals surface area contributed by atoms with Gasteiger partial charge in [-0.3, -0.25) is 4.90 Å². The Kier molecular flexibility index (Phi) is 6.55. The van der Waals surface area contributed by atoms with E-state index >= 15 is 0 Å². The molecule has 1 N–H and O–H groups in total. The standard InChI is InChI=1S/C19H38N2/c1-5-17(4)18-14-20-19(11-7-6-8-12-19)15-21(18)13-9-10-16(2)3/h16-18,20H,5-15H2,1-4H3. The van der Waals surface area contributed by atoms with Crippen molar-refractivity contribution < 1.29 is 0 Å². The Morgan fingerprint density at radius 1 is 1.14 bits per heavy atom. The van der Waals surface area contributed by atoms with Gasteiger partial charge in [-0.1, -0.05) is 53.4 Å². The molecule has 1 saturated heterocycles. The lowest BCUT2D eigenvalue weighted by Gasteiger charge is -2.51. The van der Waals surface area contributed by atoms with E-state index in [1.807, 2.05) is 0 Å². The minimum absolute atomic E-state index is 0.458. The molecule has 2 atom stereocenters. The summed E-state index contributed by atoms with van der Waals surface area (Å²) in [6.07, 6.45) is 11.2. The molecule has 2 aliphatic rings. The van der Waals surface area contributed by atoms with Crippen LogP contribution in [0.3, 0.4) is 0 Å². The Labute approximate surface area is 133 Å². The second-order valence-corrected chi connectivity index (χ2v) is 8.18. The van der Waals surface area contributed by atoms with E-state index < -0.39 is 0 Å². The number of hydrogen-bond acceptors (Lipinski definition) is 2. The first kappa shape index (κ1) is 17.3. The van der Waals surface area contributed by atoms with Crippen LogP contribution in [0.1, 0.15) is 79.1 Å². The second-order valence-electron chi connectivity index (χ2n) is 8.18. The maximum absolute atomic E-state index is 3.99. The molecule has 0 aromatic carbocycles. The SMILES string of the molecule is CCC(C)C1CNC2(CCCCC2)CN1CCCC(C)C. The zero-order chi connectivity index (χ0) is 15.3. The lowest BCUT2D eigenvalue weighted by atomic mass is 9.78. The van der Waals surface area contributed by atoms with Gasteiger partial charge in [0, 0.05) is 24.7 Å². The number of rotatable bonds is 6. The predicted octanol–water partition coefficient (Wildman–Crippen LogP) is 4.45. The summed E-state index contributed by atoms with van der Waals surface area (Å²) in [4.78, 5) is 2.86. The fourth-order valence-corrected chi connectivity index (χ4v) is 4.36. The van der Waals surface area contributed by atoms with Gasteiger partial charge in [0.1, 0.15) is 0 Å². The first-order valence-corrected chi connectivity index (χ1v) is 9.55. The van der Waals surface area contributed by atoms with Gasteiger partial charge in [-0.2, -0.15) is 0 Å². The Morgan fingerprint density at radius 3 is 2.48 bits per heavy atom. The van der Waals surface area contributed by atoms with Crippen molar-refractivity contribution in [2.75, 3.05) is 19.6 Å². The molecule has 2 rings (SSSR count). The van der Waals surface area contributed by atoms with Gasteiger partial charge in [-0.05, 0) is 44.1 Å². The second kappa shape index (κ2) is 7.97. The quantitative estimate of drug-likeness (QED) is 0.779. The largest absolute Gasteiger partial charge is 0.308 e.